The number of phosphoric acid groups is 1. The van der Waals surface area contributed by atoms with E-state index in [1.165, 1.54) is 167 Å². The first-order chi connectivity index (χ1) is 33.9. The lowest BCUT2D eigenvalue weighted by Crippen LogP contribution is -2.47. The summed E-state index contributed by atoms with van der Waals surface area (Å²) in [6.07, 6.45) is 59.6. The fourth-order valence-corrected chi connectivity index (χ4v) is 9.35. The summed E-state index contributed by atoms with van der Waals surface area (Å²) in [5.74, 6) is -0.556. The Morgan fingerprint density at radius 1 is 0.486 bits per heavy atom. The third-order valence-corrected chi connectivity index (χ3v) is 14.3. The van der Waals surface area contributed by atoms with Crippen molar-refractivity contribution in [3.8, 4) is 0 Å². The molecule has 0 fully saturated rings. The van der Waals surface area contributed by atoms with Crippen LogP contribution in [0.15, 0.2) is 36.5 Å². The summed E-state index contributed by atoms with van der Waals surface area (Å²) in [5.41, 5.74) is 0. The fraction of sp³-hybridized carbons (Fsp3) is 0.867. The number of unbranched alkanes of at least 4 members (excludes halogenated alkanes) is 34. The van der Waals surface area contributed by atoms with Crippen LogP contribution in [0.1, 0.15) is 284 Å². The Balaban J connectivity index is 5.35. The molecule has 0 saturated carbocycles. The number of carbonyl (C=O) groups excluding carboxylic acids is 2. The van der Waals surface area contributed by atoms with Gasteiger partial charge >= 0.3 is 5.97 Å². The number of allylic oxidation sites excluding steroid dienone is 5. The summed E-state index contributed by atoms with van der Waals surface area (Å²) in [7, 11) is 1.18. The highest BCUT2D eigenvalue weighted by atomic mass is 31.2. The summed E-state index contributed by atoms with van der Waals surface area (Å²) in [5, 5.41) is 3.02. The smallest absolute Gasteiger partial charge is 0.306 e. The molecule has 0 spiro atoms. The molecule has 9 nitrogen and oxygen atoms in total. The van der Waals surface area contributed by atoms with E-state index in [1.54, 1.807) is 0 Å². The van der Waals surface area contributed by atoms with Gasteiger partial charge in [-0.3, -0.25) is 14.2 Å². The summed E-state index contributed by atoms with van der Waals surface area (Å²) in [6, 6.07) is -0.893. The third kappa shape index (κ3) is 51.1. The second kappa shape index (κ2) is 50.7. The largest absolute Gasteiger partial charge is 0.756 e. The minimum atomic E-state index is -4.70. The molecule has 10 heteroatoms. The van der Waals surface area contributed by atoms with Gasteiger partial charge in [-0.15, -0.1) is 0 Å². The van der Waals surface area contributed by atoms with Crippen LogP contribution in [0, 0.1) is 0 Å². The first-order valence-corrected chi connectivity index (χ1v) is 31.3. The molecule has 0 aliphatic heterocycles. The number of quaternary nitrogens is 1. The highest BCUT2D eigenvalue weighted by Gasteiger charge is 2.27. The molecule has 0 heterocycles. The fourth-order valence-electron chi connectivity index (χ4n) is 8.63. The van der Waals surface area contributed by atoms with Crippen molar-refractivity contribution >= 4 is 19.7 Å². The van der Waals surface area contributed by atoms with Crippen LogP contribution < -0.4 is 10.2 Å². The number of ether oxygens (including phenoxy) is 1. The van der Waals surface area contributed by atoms with Crippen LogP contribution in [0.5, 0.6) is 0 Å². The maximum Gasteiger partial charge on any atom is 0.306 e. The molecular weight excluding hydrogens is 892 g/mol. The predicted molar refractivity (Wildman–Crippen MR) is 298 cm³/mol. The SMILES string of the molecule is CCCCCCCC/C=C/CCCCCCCCCC(=O)NC(COP(=O)([O-])OCC[N+](C)(C)C)C(/C=C/CCCCCCCCCCCCC)OC(=O)CCCCC/C=C\CCCCCCCCC. The van der Waals surface area contributed by atoms with Crippen LogP contribution in [0.3, 0.4) is 0 Å². The Morgan fingerprint density at radius 3 is 1.23 bits per heavy atom. The zero-order valence-electron chi connectivity index (χ0n) is 47.0. The van der Waals surface area contributed by atoms with E-state index in [-0.39, 0.29) is 24.9 Å². The van der Waals surface area contributed by atoms with Crippen molar-refractivity contribution in [2.45, 2.75) is 296 Å². The Hall–Kier alpha value is -1.77. The zero-order valence-corrected chi connectivity index (χ0v) is 47.9. The number of esters is 1. The maximum absolute atomic E-state index is 13.5. The van der Waals surface area contributed by atoms with E-state index in [9.17, 15) is 19.0 Å². The van der Waals surface area contributed by atoms with Gasteiger partial charge in [0, 0.05) is 12.8 Å². The molecule has 0 radical (unpaired) electrons. The summed E-state index contributed by atoms with van der Waals surface area (Å²) >= 11 is 0. The first kappa shape index (κ1) is 68.2. The van der Waals surface area contributed by atoms with Crippen molar-refractivity contribution in [1.29, 1.82) is 0 Å². The van der Waals surface area contributed by atoms with E-state index < -0.39 is 26.6 Å². The van der Waals surface area contributed by atoms with E-state index in [2.05, 4.69) is 50.4 Å². The van der Waals surface area contributed by atoms with Gasteiger partial charge in [-0.25, -0.2) is 0 Å². The summed E-state index contributed by atoms with van der Waals surface area (Å²) < 4.78 is 30.3. The molecule has 70 heavy (non-hydrogen) atoms. The molecular formula is C60H115N2O7P. The van der Waals surface area contributed by atoms with Gasteiger partial charge in [0.1, 0.15) is 19.3 Å². The number of hydrogen-bond donors (Lipinski definition) is 1. The number of hydrogen-bond acceptors (Lipinski definition) is 7. The molecule has 0 bridgehead atoms. The number of nitrogens with one attached hydrogen (secondary N) is 1. The van der Waals surface area contributed by atoms with Crippen LogP contribution in [0.2, 0.25) is 0 Å². The Labute approximate surface area is 434 Å². The van der Waals surface area contributed by atoms with Crippen molar-refractivity contribution in [1.82, 2.24) is 5.32 Å². The molecule has 3 unspecified atom stereocenters. The predicted octanol–water partition coefficient (Wildman–Crippen LogP) is 17.3. The zero-order chi connectivity index (χ0) is 51.5. The van der Waals surface area contributed by atoms with E-state index in [4.69, 9.17) is 13.8 Å². The summed E-state index contributed by atoms with van der Waals surface area (Å²) in [6.45, 7) is 6.84. The van der Waals surface area contributed by atoms with E-state index in [1.807, 2.05) is 33.3 Å². The Bertz CT molecular complexity index is 1300. The van der Waals surface area contributed by atoms with Crippen molar-refractivity contribution in [2.75, 3.05) is 40.9 Å². The topological polar surface area (TPSA) is 114 Å². The molecule has 3 atom stereocenters. The van der Waals surface area contributed by atoms with Gasteiger partial charge in [-0.05, 0) is 83.1 Å². The third-order valence-electron chi connectivity index (χ3n) is 13.3. The molecule has 0 aromatic heterocycles. The molecule has 1 amide bonds. The molecule has 0 rings (SSSR count). The summed E-state index contributed by atoms with van der Waals surface area (Å²) in [4.78, 5) is 39.9. The van der Waals surface area contributed by atoms with Gasteiger partial charge in [0.15, 0.2) is 0 Å². The van der Waals surface area contributed by atoms with Crippen LogP contribution in [0.4, 0.5) is 0 Å². The maximum atomic E-state index is 13.5. The molecule has 0 aliphatic carbocycles. The van der Waals surface area contributed by atoms with Gasteiger partial charge in [0.2, 0.25) is 5.91 Å². The lowest BCUT2D eigenvalue weighted by molar-refractivity contribution is -0.870. The number of nitrogens with zero attached hydrogens (tertiary/aromatic N) is 1. The normalized spacial score (nSPS) is 14.0. The van der Waals surface area contributed by atoms with E-state index >= 15 is 0 Å². The van der Waals surface area contributed by atoms with Crippen LogP contribution in [0.25, 0.3) is 0 Å². The second-order valence-corrected chi connectivity index (χ2v) is 22.9. The number of carbonyl (C=O) groups is 2. The van der Waals surface area contributed by atoms with Crippen molar-refractivity contribution in [3.05, 3.63) is 36.5 Å². The van der Waals surface area contributed by atoms with E-state index in [0.29, 0.717) is 23.9 Å². The van der Waals surface area contributed by atoms with Gasteiger partial charge in [-0.1, -0.05) is 225 Å². The highest BCUT2D eigenvalue weighted by molar-refractivity contribution is 7.45. The highest BCUT2D eigenvalue weighted by Crippen LogP contribution is 2.38. The second-order valence-electron chi connectivity index (χ2n) is 21.5. The minimum absolute atomic E-state index is 0.0239. The average Bonchev–Trinajstić information content (AvgIpc) is 3.32. The Kier molecular flexibility index (Phi) is 49.5. The first-order valence-electron chi connectivity index (χ1n) is 29.8. The van der Waals surface area contributed by atoms with Gasteiger partial charge in [-0.2, -0.15) is 0 Å². The lowest BCUT2D eigenvalue weighted by Gasteiger charge is -2.30. The quantitative estimate of drug-likeness (QED) is 0.0212. The van der Waals surface area contributed by atoms with Crippen molar-refractivity contribution in [3.63, 3.8) is 0 Å². The van der Waals surface area contributed by atoms with Crippen molar-refractivity contribution in [2.24, 2.45) is 0 Å². The van der Waals surface area contributed by atoms with Gasteiger partial charge < -0.3 is 28.5 Å². The monoisotopic (exact) mass is 1010 g/mol. The molecule has 1 N–H and O–H groups in total. The van der Waals surface area contributed by atoms with E-state index in [0.717, 1.165) is 77.0 Å². The van der Waals surface area contributed by atoms with Crippen LogP contribution in [-0.4, -0.2) is 69.4 Å². The van der Waals surface area contributed by atoms with Gasteiger partial charge in [0.25, 0.3) is 7.82 Å². The molecule has 0 aromatic rings. The molecule has 0 saturated heterocycles. The molecule has 412 valence electrons. The number of likely N-dealkylation sites (N-methyl/N-ethyl adjacent to an activating group) is 1. The lowest BCUT2D eigenvalue weighted by atomic mass is 10.0. The standard InChI is InChI=1S/C60H115N2O7P/c1-7-10-13-16-19-22-25-28-30-31-32-34-37-40-43-46-49-52-59(63)61-57(56-68-70(65,66)67-55-54-62(4,5)6)58(51-48-45-42-39-36-33-27-24-21-18-15-12-9-3)69-60(64)53-50-47-44-41-38-35-29-26-23-20-17-14-11-8-2/h28,30,35,38,48,51,57-58H,7-27,29,31-34,36-37,39-47,49-50,52-56H2,1-6H3,(H-,61,63,65,66)/b30-28+,38-35-,51-48+. The number of amides is 1. The number of rotatable bonds is 54. The Morgan fingerprint density at radius 2 is 0.829 bits per heavy atom. The number of phosphoric ester groups is 1. The van der Waals surface area contributed by atoms with Crippen LogP contribution >= 0.6 is 7.82 Å². The van der Waals surface area contributed by atoms with Crippen LogP contribution in [-0.2, 0) is 27.9 Å². The molecule has 0 aliphatic rings. The van der Waals surface area contributed by atoms with Gasteiger partial charge in [0.05, 0.1) is 33.8 Å². The van der Waals surface area contributed by atoms with Crippen molar-refractivity contribution < 1.29 is 37.3 Å². The average molecular weight is 1010 g/mol. The molecule has 0 aromatic carbocycles. The minimum Gasteiger partial charge on any atom is -0.756 e.